The first-order valence-electron chi connectivity index (χ1n) is 5.72. The summed E-state index contributed by atoms with van der Waals surface area (Å²) in [5.41, 5.74) is 7.66. The standard InChI is InChI=1S/C13H17N3O/c1-9(5-7-17)16-13-3-2-12(14)11-8-15-6-4-10(11)13/h2-4,6,8-9,16-17H,5,7,14H2,1H3. The van der Waals surface area contributed by atoms with Crippen LogP contribution in [0.3, 0.4) is 0 Å². The summed E-state index contributed by atoms with van der Waals surface area (Å²) in [6, 6.07) is 6.00. The van der Waals surface area contributed by atoms with Crippen LogP contribution < -0.4 is 11.1 Å². The lowest BCUT2D eigenvalue weighted by Gasteiger charge is -2.16. The van der Waals surface area contributed by atoms with Gasteiger partial charge in [-0.3, -0.25) is 4.98 Å². The number of rotatable bonds is 4. The number of nitrogens with one attached hydrogen (secondary N) is 1. The Hall–Kier alpha value is -1.81. The van der Waals surface area contributed by atoms with Gasteiger partial charge in [-0.15, -0.1) is 0 Å². The third-order valence-electron chi connectivity index (χ3n) is 2.82. The zero-order valence-electron chi connectivity index (χ0n) is 9.85. The number of nitrogens with two attached hydrogens (primary N) is 1. The van der Waals surface area contributed by atoms with E-state index in [-0.39, 0.29) is 12.6 Å². The SMILES string of the molecule is CC(CCO)Nc1ccc(N)c2cnccc12. The Balaban J connectivity index is 2.38. The minimum Gasteiger partial charge on any atom is -0.398 e. The lowest BCUT2D eigenvalue weighted by atomic mass is 10.1. The van der Waals surface area contributed by atoms with Crippen molar-refractivity contribution in [3.05, 3.63) is 30.6 Å². The fourth-order valence-electron chi connectivity index (χ4n) is 1.87. The lowest BCUT2D eigenvalue weighted by molar-refractivity contribution is 0.282. The smallest absolute Gasteiger partial charge is 0.0450 e. The molecule has 2 aromatic rings. The minimum atomic E-state index is 0.183. The number of hydrogen-bond donors (Lipinski definition) is 3. The second-order valence-corrected chi connectivity index (χ2v) is 4.18. The molecule has 2 rings (SSSR count). The van der Waals surface area contributed by atoms with Crippen LogP contribution in [0.5, 0.6) is 0 Å². The van der Waals surface area contributed by atoms with Crippen LogP contribution in [0, 0.1) is 0 Å². The van der Waals surface area contributed by atoms with Crippen molar-refractivity contribution in [3.8, 4) is 0 Å². The third kappa shape index (κ3) is 2.47. The first-order chi connectivity index (χ1) is 8.22. The van der Waals surface area contributed by atoms with Crippen LogP contribution in [0.25, 0.3) is 10.8 Å². The van der Waals surface area contributed by atoms with E-state index in [1.807, 2.05) is 25.1 Å². The van der Waals surface area contributed by atoms with Gasteiger partial charge in [-0.1, -0.05) is 0 Å². The van der Waals surface area contributed by atoms with Gasteiger partial charge in [0.15, 0.2) is 0 Å². The Morgan fingerprint density at radius 3 is 2.94 bits per heavy atom. The van der Waals surface area contributed by atoms with Crippen molar-refractivity contribution in [2.24, 2.45) is 0 Å². The fraction of sp³-hybridized carbons (Fsp3) is 0.308. The van der Waals surface area contributed by atoms with E-state index in [0.29, 0.717) is 0 Å². The van der Waals surface area contributed by atoms with Crippen LogP contribution in [-0.4, -0.2) is 22.7 Å². The number of pyridine rings is 1. The summed E-state index contributed by atoms with van der Waals surface area (Å²) >= 11 is 0. The monoisotopic (exact) mass is 231 g/mol. The van der Waals surface area contributed by atoms with Crippen molar-refractivity contribution in [2.45, 2.75) is 19.4 Å². The van der Waals surface area contributed by atoms with Crippen molar-refractivity contribution in [1.29, 1.82) is 0 Å². The molecule has 1 aromatic heterocycles. The Bertz CT molecular complexity index is 513. The molecular weight excluding hydrogens is 214 g/mol. The molecular formula is C13H17N3O. The van der Waals surface area contributed by atoms with E-state index in [9.17, 15) is 0 Å². The van der Waals surface area contributed by atoms with Crippen LogP contribution in [-0.2, 0) is 0 Å². The highest BCUT2D eigenvalue weighted by Crippen LogP contribution is 2.27. The molecule has 0 bridgehead atoms. The van der Waals surface area contributed by atoms with Crippen molar-refractivity contribution < 1.29 is 5.11 Å². The number of anilines is 2. The Kier molecular flexibility index (Phi) is 3.44. The maximum absolute atomic E-state index is 8.90. The maximum atomic E-state index is 8.90. The lowest BCUT2D eigenvalue weighted by Crippen LogP contribution is -2.16. The number of aromatic nitrogens is 1. The highest BCUT2D eigenvalue weighted by atomic mass is 16.3. The summed E-state index contributed by atoms with van der Waals surface area (Å²) in [7, 11) is 0. The molecule has 0 aliphatic carbocycles. The first-order valence-corrected chi connectivity index (χ1v) is 5.72. The van der Waals surface area contributed by atoms with Crippen LogP contribution in [0.4, 0.5) is 11.4 Å². The van der Waals surface area contributed by atoms with E-state index in [1.165, 1.54) is 0 Å². The van der Waals surface area contributed by atoms with Crippen LogP contribution in [0.1, 0.15) is 13.3 Å². The van der Waals surface area contributed by atoms with E-state index >= 15 is 0 Å². The first kappa shape index (κ1) is 11.7. The molecule has 4 nitrogen and oxygen atoms in total. The van der Waals surface area contributed by atoms with E-state index < -0.39 is 0 Å². The molecule has 17 heavy (non-hydrogen) atoms. The number of nitrogens with zero attached hydrogens (tertiary/aromatic N) is 1. The zero-order chi connectivity index (χ0) is 12.3. The predicted molar refractivity (Wildman–Crippen MR) is 70.9 cm³/mol. The number of aliphatic hydroxyl groups excluding tert-OH is 1. The van der Waals surface area contributed by atoms with Crippen molar-refractivity contribution in [3.63, 3.8) is 0 Å². The number of fused-ring (bicyclic) bond motifs is 1. The van der Waals surface area contributed by atoms with Crippen molar-refractivity contribution in [1.82, 2.24) is 4.98 Å². The molecule has 1 atom stereocenters. The topological polar surface area (TPSA) is 71.2 Å². The summed E-state index contributed by atoms with van der Waals surface area (Å²) in [4.78, 5) is 4.08. The molecule has 4 N–H and O–H groups in total. The highest BCUT2D eigenvalue weighted by Gasteiger charge is 2.06. The van der Waals surface area contributed by atoms with Crippen LogP contribution in [0.2, 0.25) is 0 Å². The van der Waals surface area contributed by atoms with Gasteiger partial charge in [-0.2, -0.15) is 0 Å². The maximum Gasteiger partial charge on any atom is 0.0450 e. The average Bonchev–Trinajstić information content (AvgIpc) is 2.34. The Labute approximate surface area is 100 Å². The molecule has 0 radical (unpaired) electrons. The van der Waals surface area contributed by atoms with Crippen LogP contribution >= 0.6 is 0 Å². The predicted octanol–water partition coefficient (Wildman–Crippen LogP) is 2.00. The molecule has 0 amide bonds. The fourth-order valence-corrected chi connectivity index (χ4v) is 1.87. The van der Waals surface area contributed by atoms with Crippen LogP contribution in [0.15, 0.2) is 30.6 Å². The second kappa shape index (κ2) is 5.01. The molecule has 1 unspecified atom stereocenters. The number of benzene rings is 1. The van der Waals surface area contributed by atoms with Gasteiger partial charge in [0.25, 0.3) is 0 Å². The molecule has 0 aliphatic rings. The summed E-state index contributed by atoms with van der Waals surface area (Å²) in [6.45, 7) is 2.22. The number of nitrogen functional groups attached to an aromatic ring is 1. The van der Waals surface area contributed by atoms with Gasteiger partial charge in [-0.05, 0) is 31.5 Å². The second-order valence-electron chi connectivity index (χ2n) is 4.18. The molecule has 1 aromatic carbocycles. The quantitative estimate of drug-likeness (QED) is 0.704. The Morgan fingerprint density at radius 2 is 2.18 bits per heavy atom. The van der Waals surface area contributed by atoms with Gasteiger partial charge in [0.2, 0.25) is 0 Å². The van der Waals surface area contributed by atoms with Crippen molar-refractivity contribution in [2.75, 3.05) is 17.7 Å². The largest absolute Gasteiger partial charge is 0.398 e. The summed E-state index contributed by atoms with van der Waals surface area (Å²) in [5.74, 6) is 0. The van der Waals surface area contributed by atoms with Crippen molar-refractivity contribution >= 4 is 22.1 Å². The normalized spacial score (nSPS) is 12.6. The van der Waals surface area contributed by atoms with E-state index in [4.69, 9.17) is 10.8 Å². The summed E-state index contributed by atoms with van der Waals surface area (Å²) in [6.07, 6.45) is 4.24. The van der Waals surface area contributed by atoms with E-state index in [0.717, 1.165) is 28.6 Å². The third-order valence-corrected chi connectivity index (χ3v) is 2.82. The summed E-state index contributed by atoms with van der Waals surface area (Å²) < 4.78 is 0. The molecule has 1 heterocycles. The van der Waals surface area contributed by atoms with Gasteiger partial charge in [0.1, 0.15) is 0 Å². The van der Waals surface area contributed by atoms with Gasteiger partial charge >= 0.3 is 0 Å². The molecule has 90 valence electrons. The van der Waals surface area contributed by atoms with E-state index in [2.05, 4.69) is 10.3 Å². The molecule has 4 heteroatoms. The van der Waals surface area contributed by atoms with Gasteiger partial charge < -0.3 is 16.2 Å². The van der Waals surface area contributed by atoms with E-state index in [1.54, 1.807) is 12.4 Å². The molecule has 0 fully saturated rings. The number of aliphatic hydroxyl groups is 1. The highest BCUT2D eigenvalue weighted by molar-refractivity contribution is 6.00. The average molecular weight is 231 g/mol. The summed E-state index contributed by atoms with van der Waals surface area (Å²) in [5, 5.41) is 14.3. The van der Waals surface area contributed by atoms with Gasteiger partial charge in [0, 0.05) is 47.2 Å². The van der Waals surface area contributed by atoms with Gasteiger partial charge in [-0.25, -0.2) is 0 Å². The molecule has 0 spiro atoms. The molecule has 0 aliphatic heterocycles. The zero-order valence-corrected chi connectivity index (χ0v) is 9.85. The Morgan fingerprint density at radius 1 is 1.35 bits per heavy atom. The molecule has 0 saturated heterocycles. The minimum absolute atomic E-state index is 0.183. The van der Waals surface area contributed by atoms with Gasteiger partial charge in [0.05, 0.1) is 0 Å². The number of hydrogen-bond acceptors (Lipinski definition) is 4. The molecule has 0 saturated carbocycles.